The molecule has 17 heteroatoms. The monoisotopic (exact) mass is 513 g/mol. The topological polar surface area (TPSA) is 297 Å². The number of carbonyl (C=O) groups is 7. The van der Waals surface area contributed by atoms with Crippen LogP contribution in [0.4, 0.5) is 0 Å². The maximum absolute atomic E-state index is 13.0. The number of H-pyrrole nitrogens is 1. The molecule has 1 aromatic heterocycles. The molecule has 0 bridgehead atoms. The lowest BCUT2D eigenvalue weighted by Gasteiger charge is -2.24. The van der Waals surface area contributed by atoms with Gasteiger partial charge in [0.25, 0.3) is 0 Å². The van der Waals surface area contributed by atoms with Crippen molar-refractivity contribution in [1.82, 2.24) is 25.9 Å². The zero-order valence-electron chi connectivity index (χ0n) is 18.8. The van der Waals surface area contributed by atoms with Crippen LogP contribution < -0.4 is 27.4 Å². The molecular formula is C19H27N7O10. The van der Waals surface area contributed by atoms with Crippen molar-refractivity contribution in [2.24, 2.45) is 11.5 Å². The number of aliphatic carboxylic acids is 3. The highest BCUT2D eigenvalue weighted by atomic mass is 16.4. The maximum Gasteiger partial charge on any atom is 0.326 e. The highest BCUT2D eigenvalue weighted by Gasteiger charge is 2.32. The minimum Gasteiger partial charge on any atom is -0.481 e. The lowest BCUT2D eigenvalue weighted by molar-refractivity contribution is -0.147. The van der Waals surface area contributed by atoms with Crippen LogP contribution in [-0.4, -0.2) is 91.0 Å². The standard InChI is InChI=1S/C19H27N7O10/c20-9(4-13(21)27)16(32)25-11(3-8-6-22-7-23-8)18(34)24-10(1-2-14(28)29)17(33)26-12(19(35)36)5-15(30)31/h6-7,9-12H,1-5,20H2,(H2,21,27)(H,22,23)(H,24,34)(H,25,32)(H,26,33)(H,28,29)(H,30,31)(H,35,36). The quantitative estimate of drug-likeness (QED) is 0.102. The molecule has 11 N–H and O–H groups in total. The van der Waals surface area contributed by atoms with Crippen LogP contribution in [0.25, 0.3) is 0 Å². The van der Waals surface area contributed by atoms with Gasteiger partial charge in [-0.1, -0.05) is 0 Å². The zero-order valence-corrected chi connectivity index (χ0v) is 18.8. The van der Waals surface area contributed by atoms with Crippen molar-refractivity contribution in [3.63, 3.8) is 0 Å². The van der Waals surface area contributed by atoms with E-state index in [0.29, 0.717) is 5.69 Å². The number of nitrogens with zero attached hydrogens (tertiary/aromatic N) is 1. The van der Waals surface area contributed by atoms with E-state index in [1.807, 2.05) is 5.32 Å². The molecule has 1 rings (SSSR count). The summed E-state index contributed by atoms with van der Waals surface area (Å²) in [7, 11) is 0. The fourth-order valence-corrected chi connectivity index (χ4v) is 2.87. The van der Waals surface area contributed by atoms with E-state index in [1.54, 1.807) is 0 Å². The van der Waals surface area contributed by atoms with E-state index in [1.165, 1.54) is 12.5 Å². The molecule has 0 saturated carbocycles. The average Bonchev–Trinajstić information content (AvgIpc) is 3.27. The molecule has 0 aliphatic rings. The summed E-state index contributed by atoms with van der Waals surface area (Å²) in [5.41, 5.74) is 11.0. The number of carboxylic acids is 3. The summed E-state index contributed by atoms with van der Waals surface area (Å²) < 4.78 is 0. The Morgan fingerprint density at radius 1 is 0.861 bits per heavy atom. The Hall–Kier alpha value is -4.54. The number of nitrogens with two attached hydrogens (primary N) is 2. The van der Waals surface area contributed by atoms with Crippen LogP contribution in [-0.2, 0) is 40.0 Å². The number of hydrogen-bond acceptors (Lipinski definition) is 9. The van der Waals surface area contributed by atoms with Gasteiger partial charge < -0.3 is 47.7 Å². The first-order valence-corrected chi connectivity index (χ1v) is 10.4. The summed E-state index contributed by atoms with van der Waals surface area (Å²) in [5, 5.41) is 33.4. The molecule has 1 aromatic rings. The number of nitrogens with one attached hydrogen (secondary N) is 4. The summed E-state index contributed by atoms with van der Waals surface area (Å²) in [4.78, 5) is 88.6. The summed E-state index contributed by atoms with van der Waals surface area (Å²) in [5.74, 6) is -8.46. The Balaban J connectivity index is 3.10. The van der Waals surface area contributed by atoms with E-state index < -0.39 is 91.4 Å². The molecule has 17 nitrogen and oxygen atoms in total. The van der Waals surface area contributed by atoms with E-state index in [0.717, 1.165) is 0 Å². The number of aromatic nitrogens is 2. The summed E-state index contributed by atoms with van der Waals surface area (Å²) >= 11 is 0. The number of aromatic amines is 1. The highest BCUT2D eigenvalue weighted by Crippen LogP contribution is 2.05. The number of primary amides is 1. The van der Waals surface area contributed by atoms with Crippen molar-refractivity contribution in [1.29, 1.82) is 0 Å². The van der Waals surface area contributed by atoms with Crippen molar-refractivity contribution in [2.45, 2.75) is 56.3 Å². The molecule has 0 saturated heterocycles. The summed E-state index contributed by atoms with van der Waals surface area (Å²) in [6.07, 6.45) is -0.152. The van der Waals surface area contributed by atoms with Crippen molar-refractivity contribution < 1.29 is 48.9 Å². The normalized spacial score (nSPS) is 13.9. The molecule has 0 aliphatic heterocycles. The van der Waals surface area contributed by atoms with Crippen LogP contribution in [0.15, 0.2) is 12.5 Å². The highest BCUT2D eigenvalue weighted by molar-refractivity contribution is 5.95. The second-order valence-electron chi connectivity index (χ2n) is 7.61. The Kier molecular flexibility index (Phi) is 11.5. The Morgan fingerprint density at radius 2 is 1.44 bits per heavy atom. The molecule has 0 fully saturated rings. The van der Waals surface area contributed by atoms with E-state index in [-0.39, 0.29) is 6.42 Å². The average molecular weight is 513 g/mol. The minimum atomic E-state index is -1.86. The molecule has 4 atom stereocenters. The van der Waals surface area contributed by atoms with Crippen LogP contribution >= 0.6 is 0 Å². The molecule has 4 unspecified atom stereocenters. The molecule has 4 amide bonds. The number of imidazole rings is 1. The first-order chi connectivity index (χ1) is 16.8. The number of carboxylic acid groups (broad SMARTS) is 3. The van der Waals surface area contributed by atoms with Gasteiger partial charge in [-0.05, 0) is 6.42 Å². The van der Waals surface area contributed by atoms with E-state index >= 15 is 0 Å². The Morgan fingerprint density at radius 3 is 1.94 bits per heavy atom. The van der Waals surface area contributed by atoms with Gasteiger partial charge in [-0.25, -0.2) is 9.78 Å². The lowest BCUT2D eigenvalue weighted by Crippen LogP contribution is -2.58. The molecule has 36 heavy (non-hydrogen) atoms. The summed E-state index contributed by atoms with van der Waals surface area (Å²) in [6.45, 7) is 0. The lowest BCUT2D eigenvalue weighted by atomic mass is 10.1. The number of hydrogen-bond donors (Lipinski definition) is 9. The second kappa shape index (κ2) is 14.0. The van der Waals surface area contributed by atoms with Gasteiger partial charge in [0.15, 0.2) is 0 Å². The van der Waals surface area contributed by atoms with Crippen LogP contribution in [0, 0.1) is 0 Å². The van der Waals surface area contributed by atoms with Crippen LogP contribution in [0.5, 0.6) is 0 Å². The number of rotatable bonds is 16. The Labute approximate surface area is 203 Å². The SMILES string of the molecule is NC(=O)CC(N)C(=O)NC(Cc1cnc[nH]1)C(=O)NC(CCC(=O)O)C(=O)NC(CC(=O)O)C(=O)O. The number of carbonyl (C=O) groups excluding carboxylic acids is 4. The molecule has 0 aromatic carbocycles. The van der Waals surface area contributed by atoms with Crippen LogP contribution in [0.3, 0.4) is 0 Å². The van der Waals surface area contributed by atoms with Crippen molar-refractivity contribution >= 4 is 41.5 Å². The van der Waals surface area contributed by atoms with E-state index in [4.69, 9.17) is 26.8 Å². The van der Waals surface area contributed by atoms with E-state index in [9.17, 15) is 33.6 Å². The van der Waals surface area contributed by atoms with Gasteiger partial charge >= 0.3 is 17.9 Å². The largest absolute Gasteiger partial charge is 0.481 e. The second-order valence-corrected chi connectivity index (χ2v) is 7.61. The predicted octanol–water partition coefficient (Wildman–Crippen LogP) is -3.97. The zero-order chi connectivity index (χ0) is 27.4. The molecule has 0 radical (unpaired) electrons. The van der Waals surface area contributed by atoms with Gasteiger partial charge in [0, 0.05) is 24.7 Å². The Bertz CT molecular complexity index is 981. The van der Waals surface area contributed by atoms with Crippen LogP contribution in [0.2, 0.25) is 0 Å². The van der Waals surface area contributed by atoms with Crippen molar-refractivity contribution in [3.8, 4) is 0 Å². The van der Waals surface area contributed by atoms with Crippen LogP contribution in [0.1, 0.15) is 31.4 Å². The maximum atomic E-state index is 13.0. The van der Waals surface area contributed by atoms with Gasteiger partial charge in [0.05, 0.1) is 25.2 Å². The third kappa shape index (κ3) is 10.6. The first-order valence-electron chi connectivity index (χ1n) is 10.4. The van der Waals surface area contributed by atoms with Gasteiger partial charge in [-0.3, -0.25) is 28.8 Å². The molecule has 198 valence electrons. The fraction of sp³-hybridized carbons (Fsp3) is 0.474. The molecular weight excluding hydrogens is 486 g/mol. The summed E-state index contributed by atoms with van der Waals surface area (Å²) in [6, 6.07) is -6.25. The molecule has 0 aliphatic carbocycles. The van der Waals surface area contributed by atoms with Crippen molar-refractivity contribution in [3.05, 3.63) is 18.2 Å². The van der Waals surface area contributed by atoms with Gasteiger partial charge in [0.1, 0.15) is 18.1 Å². The van der Waals surface area contributed by atoms with E-state index in [2.05, 4.69) is 20.6 Å². The number of amides is 4. The van der Waals surface area contributed by atoms with Crippen molar-refractivity contribution in [2.75, 3.05) is 0 Å². The van der Waals surface area contributed by atoms with Gasteiger partial charge in [-0.15, -0.1) is 0 Å². The molecule has 1 heterocycles. The third-order valence-corrected chi connectivity index (χ3v) is 4.64. The molecule has 0 spiro atoms. The smallest absolute Gasteiger partial charge is 0.326 e. The fourth-order valence-electron chi connectivity index (χ4n) is 2.87. The third-order valence-electron chi connectivity index (χ3n) is 4.64. The minimum absolute atomic E-state index is 0.190. The van der Waals surface area contributed by atoms with Gasteiger partial charge in [-0.2, -0.15) is 0 Å². The predicted molar refractivity (Wildman–Crippen MR) is 117 cm³/mol. The first kappa shape index (κ1) is 29.5. The van der Waals surface area contributed by atoms with Gasteiger partial charge in [0.2, 0.25) is 23.6 Å².